The molecule has 82 valence electrons. The van der Waals surface area contributed by atoms with E-state index in [9.17, 15) is 0 Å². The normalized spacial score (nSPS) is 35.1. The maximum atomic E-state index is 2.76. The van der Waals surface area contributed by atoms with Crippen LogP contribution in [0.15, 0.2) is 0 Å². The number of likely N-dealkylation sites (N-methyl/N-ethyl adjacent to an activating group) is 1. The predicted octanol–water partition coefficient (Wildman–Crippen LogP) is 1.81. The van der Waals surface area contributed by atoms with Crippen LogP contribution in [-0.2, 0) is 0 Å². The molecule has 0 saturated carbocycles. The molecule has 2 aliphatic heterocycles. The van der Waals surface area contributed by atoms with E-state index in [1.165, 1.54) is 32.5 Å². The molecule has 2 heteroatoms. The summed E-state index contributed by atoms with van der Waals surface area (Å²) in [5, 5.41) is 0. The lowest BCUT2D eigenvalue weighted by atomic mass is 9.94. The van der Waals surface area contributed by atoms with Gasteiger partial charge in [-0.05, 0) is 25.3 Å². The molecule has 2 aliphatic rings. The van der Waals surface area contributed by atoms with Gasteiger partial charge in [0.05, 0.1) is 0 Å². The van der Waals surface area contributed by atoms with Crippen LogP contribution in [0, 0.1) is 5.41 Å². The van der Waals surface area contributed by atoms with Gasteiger partial charge in [0.15, 0.2) is 0 Å². The number of rotatable bonds is 1. The molecular formula is C12H24N2. The van der Waals surface area contributed by atoms with Gasteiger partial charge in [-0.25, -0.2) is 0 Å². The van der Waals surface area contributed by atoms with Gasteiger partial charge < -0.3 is 4.90 Å². The fourth-order valence-corrected chi connectivity index (χ4v) is 3.01. The van der Waals surface area contributed by atoms with Gasteiger partial charge >= 0.3 is 0 Å². The topological polar surface area (TPSA) is 6.48 Å². The van der Waals surface area contributed by atoms with Crippen molar-refractivity contribution < 1.29 is 0 Å². The standard InChI is InChI=1S/C12H24N2/c1-12(2,3)9-14-10-5-6-11(14)8-13(4)7-10/h10-11H,5-9H2,1-4H3. The third-order valence-corrected chi connectivity index (χ3v) is 3.47. The molecule has 2 unspecified atom stereocenters. The molecule has 0 aromatic rings. The molecule has 0 aliphatic carbocycles. The number of fused-ring (bicyclic) bond motifs is 2. The van der Waals surface area contributed by atoms with Crippen LogP contribution in [0.4, 0.5) is 0 Å². The van der Waals surface area contributed by atoms with E-state index < -0.39 is 0 Å². The lowest BCUT2D eigenvalue weighted by Crippen LogP contribution is -2.54. The van der Waals surface area contributed by atoms with E-state index in [2.05, 4.69) is 37.6 Å². The molecule has 0 aromatic carbocycles. The van der Waals surface area contributed by atoms with Crippen molar-refractivity contribution in [2.24, 2.45) is 5.41 Å². The molecule has 2 saturated heterocycles. The Bertz CT molecular complexity index is 193. The van der Waals surface area contributed by atoms with E-state index in [0.717, 1.165) is 12.1 Å². The summed E-state index contributed by atoms with van der Waals surface area (Å²) >= 11 is 0. The highest BCUT2D eigenvalue weighted by Crippen LogP contribution is 2.32. The minimum absolute atomic E-state index is 0.455. The van der Waals surface area contributed by atoms with Crippen molar-refractivity contribution in [2.45, 2.75) is 45.7 Å². The summed E-state index contributed by atoms with van der Waals surface area (Å²) < 4.78 is 0. The highest BCUT2D eigenvalue weighted by molar-refractivity contribution is 4.96. The second-order valence-corrected chi connectivity index (χ2v) is 6.34. The maximum absolute atomic E-state index is 2.76. The number of nitrogens with zero attached hydrogens (tertiary/aromatic N) is 2. The van der Waals surface area contributed by atoms with E-state index in [0.29, 0.717) is 5.41 Å². The molecule has 0 aromatic heterocycles. The van der Waals surface area contributed by atoms with Gasteiger partial charge in [-0.3, -0.25) is 4.90 Å². The maximum Gasteiger partial charge on any atom is 0.0227 e. The lowest BCUT2D eigenvalue weighted by Gasteiger charge is -2.42. The largest absolute Gasteiger partial charge is 0.303 e. The Labute approximate surface area is 88.3 Å². The summed E-state index contributed by atoms with van der Waals surface area (Å²) in [7, 11) is 2.26. The Kier molecular flexibility index (Phi) is 2.61. The summed E-state index contributed by atoms with van der Waals surface area (Å²) in [6.45, 7) is 10.9. The quantitative estimate of drug-likeness (QED) is 0.631. The summed E-state index contributed by atoms with van der Waals surface area (Å²) in [6.07, 6.45) is 2.84. The Morgan fingerprint density at radius 2 is 1.57 bits per heavy atom. The van der Waals surface area contributed by atoms with Gasteiger partial charge in [0, 0.05) is 31.7 Å². The van der Waals surface area contributed by atoms with Gasteiger partial charge in [-0.15, -0.1) is 0 Å². The number of hydrogen-bond donors (Lipinski definition) is 0. The zero-order chi connectivity index (χ0) is 10.3. The summed E-state index contributed by atoms with van der Waals surface area (Å²) in [5.74, 6) is 0. The molecule has 0 amide bonds. The molecule has 2 fully saturated rings. The first-order chi connectivity index (χ1) is 6.46. The fourth-order valence-electron chi connectivity index (χ4n) is 3.01. The van der Waals surface area contributed by atoms with Gasteiger partial charge in [0.1, 0.15) is 0 Å². The second kappa shape index (κ2) is 3.49. The van der Waals surface area contributed by atoms with Gasteiger partial charge in [-0.2, -0.15) is 0 Å². The Balaban J connectivity index is 2.01. The van der Waals surface area contributed by atoms with Crippen molar-refractivity contribution in [3.05, 3.63) is 0 Å². The van der Waals surface area contributed by atoms with Crippen LogP contribution in [0.2, 0.25) is 0 Å². The lowest BCUT2D eigenvalue weighted by molar-refractivity contribution is 0.0542. The van der Waals surface area contributed by atoms with Crippen molar-refractivity contribution in [1.29, 1.82) is 0 Å². The van der Waals surface area contributed by atoms with Crippen LogP contribution in [0.3, 0.4) is 0 Å². The molecule has 0 N–H and O–H groups in total. The average molecular weight is 196 g/mol. The first kappa shape index (κ1) is 10.4. The van der Waals surface area contributed by atoms with Gasteiger partial charge in [-0.1, -0.05) is 20.8 Å². The predicted molar refractivity (Wildman–Crippen MR) is 60.5 cm³/mol. The van der Waals surface area contributed by atoms with E-state index in [1.54, 1.807) is 0 Å². The van der Waals surface area contributed by atoms with Gasteiger partial charge in [0.2, 0.25) is 0 Å². The first-order valence-electron chi connectivity index (χ1n) is 5.90. The van der Waals surface area contributed by atoms with Crippen molar-refractivity contribution in [2.75, 3.05) is 26.7 Å². The molecular weight excluding hydrogens is 172 g/mol. The van der Waals surface area contributed by atoms with Crippen molar-refractivity contribution in [3.8, 4) is 0 Å². The van der Waals surface area contributed by atoms with E-state index >= 15 is 0 Å². The zero-order valence-corrected chi connectivity index (χ0v) is 10.1. The summed E-state index contributed by atoms with van der Waals surface area (Å²) in [6, 6.07) is 1.69. The van der Waals surface area contributed by atoms with Gasteiger partial charge in [0.25, 0.3) is 0 Å². The molecule has 0 radical (unpaired) electrons. The Hall–Kier alpha value is -0.0800. The third kappa shape index (κ3) is 2.12. The monoisotopic (exact) mass is 196 g/mol. The minimum atomic E-state index is 0.455. The zero-order valence-electron chi connectivity index (χ0n) is 10.1. The van der Waals surface area contributed by atoms with Crippen LogP contribution in [-0.4, -0.2) is 48.6 Å². The number of likely N-dealkylation sites (tertiary alicyclic amines) is 1. The van der Waals surface area contributed by atoms with Crippen molar-refractivity contribution >= 4 is 0 Å². The van der Waals surface area contributed by atoms with E-state index in [4.69, 9.17) is 0 Å². The molecule has 0 spiro atoms. The molecule has 14 heavy (non-hydrogen) atoms. The Morgan fingerprint density at radius 3 is 2.00 bits per heavy atom. The smallest absolute Gasteiger partial charge is 0.0227 e. The summed E-state index contributed by atoms with van der Waals surface area (Å²) in [5.41, 5.74) is 0.455. The van der Waals surface area contributed by atoms with Crippen molar-refractivity contribution in [1.82, 2.24) is 9.80 Å². The fraction of sp³-hybridized carbons (Fsp3) is 1.00. The highest BCUT2D eigenvalue weighted by atomic mass is 15.3. The third-order valence-electron chi connectivity index (χ3n) is 3.47. The SMILES string of the molecule is CN1CC2CCC(C1)N2CC(C)(C)C. The molecule has 2 bridgehead atoms. The average Bonchev–Trinajstić information content (AvgIpc) is 2.31. The van der Waals surface area contributed by atoms with Crippen molar-refractivity contribution in [3.63, 3.8) is 0 Å². The van der Waals surface area contributed by atoms with Crippen LogP contribution in [0.5, 0.6) is 0 Å². The number of piperazine rings is 1. The van der Waals surface area contributed by atoms with Crippen LogP contribution >= 0.6 is 0 Å². The van der Waals surface area contributed by atoms with Crippen LogP contribution in [0.1, 0.15) is 33.6 Å². The molecule has 2 heterocycles. The molecule has 2 atom stereocenters. The minimum Gasteiger partial charge on any atom is -0.303 e. The highest BCUT2D eigenvalue weighted by Gasteiger charge is 2.39. The molecule has 2 rings (SSSR count). The van der Waals surface area contributed by atoms with E-state index in [1.807, 2.05) is 0 Å². The Morgan fingerprint density at radius 1 is 1.07 bits per heavy atom. The van der Waals surface area contributed by atoms with Crippen LogP contribution in [0.25, 0.3) is 0 Å². The first-order valence-corrected chi connectivity index (χ1v) is 5.90. The number of hydrogen-bond acceptors (Lipinski definition) is 2. The second-order valence-electron chi connectivity index (χ2n) is 6.34. The van der Waals surface area contributed by atoms with Crippen LogP contribution < -0.4 is 0 Å². The summed E-state index contributed by atoms with van der Waals surface area (Å²) in [4.78, 5) is 5.27. The molecule has 2 nitrogen and oxygen atoms in total. The van der Waals surface area contributed by atoms with E-state index in [-0.39, 0.29) is 0 Å².